The van der Waals surface area contributed by atoms with Crippen molar-refractivity contribution in [2.75, 3.05) is 6.61 Å². The van der Waals surface area contributed by atoms with Crippen LogP contribution in [0.25, 0.3) is 0 Å². The van der Waals surface area contributed by atoms with Crippen LogP contribution in [0.2, 0.25) is 0 Å². The molecule has 1 aliphatic heterocycles. The molecule has 19 heavy (non-hydrogen) atoms. The second-order valence-corrected chi connectivity index (χ2v) is 5.84. The Kier molecular flexibility index (Phi) is 5.90. The van der Waals surface area contributed by atoms with E-state index in [-0.39, 0.29) is 12.0 Å². The molecule has 1 saturated heterocycles. The number of unbranched alkanes of at least 4 members (excludes halogenated alkanes) is 5. The van der Waals surface area contributed by atoms with Gasteiger partial charge < -0.3 is 4.74 Å². The normalized spacial score (nSPS) is 28.6. The fourth-order valence-corrected chi connectivity index (χ4v) is 3.06. The first-order valence-corrected chi connectivity index (χ1v) is 7.90. The Bertz CT molecular complexity index is 314. The van der Waals surface area contributed by atoms with Gasteiger partial charge >= 0.3 is 5.97 Å². The van der Waals surface area contributed by atoms with Crippen LogP contribution in [-0.2, 0) is 9.53 Å². The smallest absolute Gasteiger partial charge is 0.323 e. The first-order valence-electron chi connectivity index (χ1n) is 7.90. The first-order chi connectivity index (χ1) is 9.31. The molecule has 2 aliphatic rings. The van der Waals surface area contributed by atoms with Gasteiger partial charge in [-0.25, -0.2) is 0 Å². The number of ether oxygens (including phenoxy) is 1. The van der Waals surface area contributed by atoms with Crippen molar-refractivity contribution in [3.63, 3.8) is 0 Å². The van der Waals surface area contributed by atoms with Crippen molar-refractivity contribution in [1.29, 1.82) is 0 Å². The molecule has 0 spiro atoms. The van der Waals surface area contributed by atoms with Crippen LogP contribution in [0, 0.1) is 5.92 Å². The summed E-state index contributed by atoms with van der Waals surface area (Å²) >= 11 is 0. The van der Waals surface area contributed by atoms with Crippen molar-refractivity contribution < 1.29 is 9.53 Å². The van der Waals surface area contributed by atoms with Crippen molar-refractivity contribution >= 4 is 5.97 Å². The zero-order valence-electron chi connectivity index (χ0n) is 12.1. The Morgan fingerprint density at radius 1 is 1.26 bits per heavy atom. The third-order valence-corrected chi connectivity index (χ3v) is 4.25. The van der Waals surface area contributed by atoms with Crippen LogP contribution in [0.3, 0.4) is 0 Å². The summed E-state index contributed by atoms with van der Waals surface area (Å²) in [6.07, 6.45) is 13.8. The van der Waals surface area contributed by atoms with Crippen molar-refractivity contribution in [2.45, 2.75) is 70.4 Å². The molecule has 0 radical (unpaired) electrons. The number of rotatable bonds is 8. The lowest BCUT2D eigenvalue weighted by molar-refractivity contribution is -0.146. The molecule has 0 bridgehead atoms. The van der Waals surface area contributed by atoms with Gasteiger partial charge in [0.2, 0.25) is 0 Å². The Labute approximate surface area is 116 Å². The van der Waals surface area contributed by atoms with Gasteiger partial charge in [0.15, 0.2) is 0 Å². The van der Waals surface area contributed by atoms with Crippen molar-refractivity contribution in [2.24, 2.45) is 5.92 Å². The third kappa shape index (κ3) is 4.34. The molecule has 1 fully saturated rings. The van der Waals surface area contributed by atoms with Gasteiger partial charge in [-0.3, -0.25) is 10.1 Å². The van der Waals surface area contributed by atoms with Gasteiger partial charge in [-0.1, -0.05) is 51.2 Å². The van der Waals surface area contributed by atoms with Gasteiger partial charge in [-0.15, -0.1) is 0 Å². The molecule has 0 saturated carbocycles. The highest BCUT2D eigenvalue weighted by Gasteiger charge is 2.38. The quantitative estimate of drug-likeness (QED) is 0.416. The number of fused-ring (bicyclic) bond motifs is 1. The fraction of sp³-hybridized carbons (Fsp3) is 0.812. The largest absolute Gasteiger partial charge is 0.465 e. The lowest BCUT2D eigenvalue weighted by atomic mass is 10.0. The maximum Gasteiger partial charge on any atom is 0.323 e. The summed E-state index contributed by atoms with van der Waals surface area (Å²) in [6, 6.07) is 0.339. The fourth-order valence-electron chi connectivity index (χ4n) is 3.06. The molecule has 0 aromatic rings. The molecule has 3 nitrogen and oxygen atoms in total. The molecule has 0 amide bonds. The van der Waals surface area contributed by atoms with Crippen LogP contribution >= 0.6 is 0 Å². The van der Waals surface area contributed by atoms with Gasteiger partial charge in [0.25, 0.3) is 0 Å². The number of hydrogen-bond acceptors (Lipinski definition) is 3. The predicted octanol–water partition coefficient (Wildman–Crippen LogP) is 3.20. The summed E-state index contributed by atoms with van der Waals surface area (Å²) in [7, 11) is 0. The van der Waals surface area contributed by atoms with Crippen LogP contribution in [0.4, 0.5) is 0 Å². The molecule has 3 atom stereocenters. The highest BCUT2D eigenvalue weighted by atomic mass is 16.5. The Morgan fingerprint density at radius 2 is 2.05 bits per heavy atom. The third-order valence-electron chi connectivity index (χ3n) is 4.25. The van der Waals surface area contributed by atoms with E-state index < -0.39 is 0 Å². The molecule has 2 rings (SSSR count). The Hall–Kier alpha value is -0.830. The molecule has 1 N–H and O–H groups in total. The van der Waals surface area contributed by atoms with E-state index in [1.165, 1.54) is 32.1 Å². The minimum absolute atomic E-state index is 0.0450. The second kappa shape index (κ2) is 7.68. The zero-order valence-corrected chi connectivity index (χ0v) is 12.1. The number of esters is 1. The zero-order chi connectivity index (χ0) is 13.5. The highest BCUT2D eigenvalue weighted by molar-refractivity contribution is 5.76. The summed E-state index contributed by atoms with van der Waals surface area (Å²) < 4.78 is 5.37. The average Bonchev–Trinajstić information content (AvgIpc) is 2.98. The van der Waals surface area contributed by atoms with Gasteiger partial charge in [-0.05, 0) is 25.2 Å². The lowest BCUT2D eigenvalue weighted by Crippen LogP contribution is -2.36. The van der Waals surface area contributed by atoms with Gasteiger partial charge in [0.1, 0.15) is 6.04 Å². The number of carbonyl (C=O) groups excluding carboxylic acids is 1. The molecule has 1 heterocycles. The SMILES string of the molecule is CCCCCCCCOC(=O)C1CC2CC=CC2N1. The summed E-state index contributed by atoms with van der Waals surface area (Å²) in [5.74, 6) is 0.572. The molecule has 3 heteroatoms. The maximum absolute atomic E-state index is 11.9. The van der Waals surface area contributed by atoms with Crippen LogP contribution in [0.1, 0.15) is 58.3 Å². The van der Waals surface area contributed by atoms with Gasteiger partial charge in [-0.2, -0.15) is 0 Å². The van der Waals surface area contributed by atoms with Crippen molar-refractivity contribution in [3.05, 3.63) is 12.2 Å². The summed E-state index contributed by atoms with van der Waals surface area (Å²) in [4.78, 5) is 11.9. The van der Waals surface area contributed by atoms with E-state index in [2.05, 4.69) is 24.4 Å². The summed E-state index contributed by atoms with van der Waals surface area (Å²) in [6.45, 7) is 2.81. The summed E-state index contributed by atoms with van der Waals surface area (Å²) in [5, 5.41) is 3.36. The minimum atomic E-state index is -0.0694. The molecule has 0 aromatic heterocycles. The van der Waals surface area contributed by atoms with Gasteiger partial charge in [0.05, 0.1) is 6.61 Å². The summed E-state index contributed by atoms with van der Waals surface area (Å²) in [5.41, 5.74) is 0. The average molecular weight is 265 g/mol. The first kappa shape index (κ1) is 14.6. The van der Waals surface area contributed by atoms with E-state index in [9.17, 15) is 4.79 Å². The molecule has 3 unspecified atom stereocenters. The van der Waals surface area contributed by atoms with Crippen LogP contribution in [0.15, 0.2) is 12.2 Å². The monoisotopic (exact) mass is 265 g/mol. The van der Waals surface area contributed by atoms with Crippen LogP contribution in [0.5, 0.6) is 0 Å². The highest BCUT2D eigenvalue weighted by Crippen LogP contribution is 2.30. The van der Waals surface area contributed by atoms with Crippen molar-refractivity contribution in [3.8, 4) is 0 Å². The number of hydrogen-bond donors (Lipinski definition) is 1. The Balaban J connectivity index is 1.52. The van der Waals surface area contributed by atoms with Crippen LogP contribution in [-0.4, -0.2) is 24.7 Å². The molecular formula is C16H27NO2. The predicted molar refractivity (Wildman–Crippen MR) is 76.9 cm³/mol. The maximum atomic E-state index is 11.9. The lowest BCUT2D eigenvalue weighted by Gasteiger charge is -2.11. The topological polar surface area (TPSA) is 38.3 Å². The molecule has 1 aliphatic carbocycles. The second-order valence-electron chi connectivity index (χ2n) is 5.84. The standard InChI is InChI=1S/C16H27NO2/c1-2-3-4-5-6-7-11-19-16(18)15-12-13-9-8-10-14(13)17-15/h8,10,13-15,17H,2-7,9,11-12H2,1H3. The number of allylic oxidation sites excluding steroid dienone is 1. The van der Waals surface area contributed by atoms with E-state index in [0.717, 1.165) is 19.3 Å². The minimum Gasteiger partial charge on any atom is -0.465 e. The molecular weight excluding hydrogens is 238 g/mol. The number of carbonyl (C=O) groups is 1. The van der Waals surface area contributed by atoms with E-state index in [0.29, 0.717) is 18.6 Å². The van der Waals surface area contributed by atoms with Gasteiger partial charge in [0, 0.05) is 6.04 Å². The number of nitrogens with one attached hydrogen (secondary N) is 1. The van der Waals surface area contributed by atoms with Crippen LogP contribution < -0.4 is 5.32 Å². The Morgan fingerprint density at radius 3 is 2.84 bits per heavy atom. The molecule has 0 aromatic carbocycles. The van der Waals surface area contributed by atoms with E-state index in [4.69, 9.17) is 4.74 Å². The molecule has 108 valence electrons. The van der Waals surface area contributed by atoms with E-state index >= 15 is 0 Å². The van der Waals surface area contributed by atoms with E-state index in [1.54, 1.807) is 0 Å². The van der Waals surface area contributed by atoms with E-state index in [1.807, 2.05) is 0 Å². The van der Waals surface area contributed by atoms with Crippen molar-refractivity contribution in [1.82, 2.24) is 5.32 Å².